The quantitative estimate of drug-likeness (QED) is 0.158. The maximum Gasteiger partial charge on any atom is 0.0502 e. The molecule has 0 bridgehead atoms. The Morgan fingerprint density at radius 1 is 0.346 bits per heavy atom. The smallest absolute Gasteiger partial charge is 0.0502 e. The molecule has 0 saturated carbocycles. The Labute approximate surface area is 309 Å². The lowest BCUT2D eigenvalue weighted by atomic mass is 9.62. The minimum atomic E-state index is 0.0562. The number of fused-ring (bicyclic) bond motifs is 1. The summed E-state index contributed by atoms with van der Waals surface area (Å²) in [6.45, 7) is 9.65. The minimum Gasteiger partial charge on any atom is -0.310 e. The fraction of sp³-hybridized carbons (Fsp3) is 0.160. The number of hydrogen-bond donors (Lipinski definition) is 0. The fourth-order valence-corrected chi connectivity index (χ4v) is 8.00. The summed E-state index contributed by atoms with van der Waals surface area (Å²) in [4.78, 5) is 4.82. The standard InChI is InChI=1S/C50H46N2/c1-49(2)33-34-50(3,4)48-46(49)27-16-28-47(48)52(42-23-12-7-13-24-42)45-26-15-20-40(36-45)39-19-14-25-44(35-39)51(41-21-10-6-11-22-41)43-31-29-38(30-32-43)37-17-8-5-9-18-37/h5-32,35-36H,33-34H2,1-4H3. The number of rotatable bonds is 8. The monoisotopic (exact) mass is 674 g/mol. The van der Waals surface area contributed by atoms with Gasteiger partial charge in [0, 0.05) is 28.4 Å². The van der Waals surface area contributed by atoms with Crippen molar-refractivity contribution in [1.29, 1.82) is 0 Å². The van der Waals surface area contributed by atoms with Gasteiger partial charge in [0.25, 0.3) is 0 Å². The van der Waals surface area contributed by atoms with Crippen LogP contribution in [0, 0.1) is 0 Å². The van der Waals surface area contributed by atoms with Gasteiger partial charge in [-0.15, -0.1) is 0 Å². The third kappa shape index (κ3) is 6.42. The molecule has 0 N–H and O–H groups in total. The Balaban J connectivity index is 1.22. The third-order valence-electron chi connectivity index (χ3n) is 10.9. The molecule has 0 fully saturated rings. The van der Waals surface area contributed by atoms with Crippen molar-refractivity contribution in [3.8, 4) is 22.3 Å². The lowest BCUT2D eigenvalue weighted by Gasteiger charge is -2.44. The molecule has 256 valence electrons. The van der Waals surface area contributed by atoms with Gasteiger partial charge in [-0.2, -0.15) is 0 Å². The first-order valence-corrected chi connectivity index (χ1v) is 18.5. The summed E-state index contributed by atoms with van der Waals surface area (Å²) in [6.07, 6.45) is 2.34. The maximum absolute atomic E-state index is 2.47. The number of nitrogens with zero attached hydrogens (tertiary/aromatic N) is 2. The van der Waals surface area contributed by atoms with Crippen LogP contribution in [0.25, 0.3) is 22.3 Å². The van der Waals surface area contributed by atoms with Crippen LogP contribution in [-0.2, 0) is 10.8 Å². The average molecular weight is 675 g/mol. The predicted molar refractivity (Wildman–Crippen MR) is 222 cm³/mol. The zero-order chi connectivity index (χ0) is 35.7. The first kappa shape index (κ1) is 33.3. The van der Waals surface area contributed by atoms with Crippen molar-refractivity contribution >= 4 is 34.1 Å². The average Bonchev–Trinajstić information content (AvgIpc) is 3.19. The van der Waals surface area contributed by atoms with Gasteiger partial charge < -0.3 is 9.80 Å². The minimum absolute atomic E-state index is 0.0562. The molecule has 0 amide bonds. The molecule has 7 aromatic carbocycles. The Kier molecular flexibility index (Phi) is 8.77. The van der Waals surface area contributed by atoms with E-state index in [9.17, 15) is 0 Å². The molecule has 7 aromatic rings. The Hall–Kier alpha value is -5.86. The summed E-state index contributed by atoms with van der Waals surface area (Å²) in [5.74, 6) is 0. The molecule has 0 saturated heterocycles. The molecule has 0 unspecified atom stereocenters. The van der Waals surface area contributed by atoms with E-state index in [1.54, 1.807) is 0 Å². The fourth-order valence-electron chi connectivity index (χ4n) is 8.00. The summed E-state index contributed by atoms with van der Waals surface area (Å²) in [6, 6.07) is 65.9. The van der Waals surface area contributed by atoms with E-state index in [0.717, 1.165) is 34.9 Å². The van der Waals surface area contributed by atoms with E-state index >= 15 is 0 Å². The molecule has 2 heteroatoms. The van der Waals surface area contributed by atoms with Crippen LogP contribution in [0.4, 0.5) is 34.1 Å². The molecule has 0 heterocycles. The van der Waals surface area contributed by atoms with E-state index in [2.05, 4.69) is 219 Å². The molecule has 1 aliphatic rings. The Bertz CT molecular complexity index is 2290. The molecular weight excluding hydrogens is 629 g/mol. The normalized spacial score (nSPS) is 14.3. The number of para-hydroxylation sites is 2. The van der Waals surface area contributed by atoms with Crippen molar-refractivity contribution in [3.63, 3.8) is 0 Å². The zero-order valence-electron chi connectivity index (χ0n) is 30.6. The molecule has 0 aromatic heterocycles. The first-order chi connectivity index (χ1) is 25.3. The van der Waals surface area contributed by atoms with Crippen LogP contribution in [0.15, 0.2) is 182 Å². The van der Waals surface area contributed by atoms with Gasteiger partial charge in [0.1, 0.15) is 0 Å². The lowest BCUT2D eigenvalue weighted by molar-refractivity contribution is 0.332. The van der Waals surface area contributed by atoms with E-state index in [-0.39, 0.29) is 10.8 Å². The highest BCUT2D eigenvalue weighted by atomic mass is 15.1. The highest BCUT2D eigenvalue weighted by Gasteiger charge is 2.39. The molecule has 1 aliphatic carbocycles. The van der Waals surface area contributed by atoms with E-state index in [1.807, 2.05) is 0 Å². The van der Waals surface area contributed by atoms with Crippen LogP contribution in [0.1, 0.15) is 51.7 Å². The summed E-state index contributed by atoms with van der Waals surface area (Å²) in [7, 11) is 0. The van der Waals surface area contributed by atoms with Gasteiger partial charge in [-0.3, -0.25) is 0 Å². The molecular formula is C50H46N2. The lowest BCUT2D eigenvalue weighted by Crippen LogP contribution is -2.35. The van der Waals surface area contributed by atoms with Crippen LogP contribution < -0.4 is 9.80 Å². The predicted octanol–water partition coefficient (Wildman–Crippen LogP) is 14.3. The number of benzene rings is 7. The Morgan fingerprint density at radius 2 is 0.769 bits per heavy atom. The van der Waals surface area contributed by atoms with Gasteiger partial charge in [0.2, 0.25) is 0 Å². The van der Waals surface area contributed by atoms with Crippen molar-refractivity contribution in [1.82, 2.24) is 0 Å². The molecule has 2 nitrogen and oxygen atoms in total. The van der Waals surface area contributed by atoms with Gasteiger partial charge in [-0.05, 0) is 124 Å². The summed E-state index contributed by atoms with van der Waals surface area (Å²) in [5.41, 5.74) is 14.8. The van der Waals surface area contributed by atoms with E-state index in [1.165, 1.54) is 45.5 Å². The molecule has 0 spiro atoms. The summed E-state index contributed by atoms with van der Waals surface area (Å²) in [5, 5.41) is 0. The molecule has 0 radical (unpaired) electrons. The van der Waals surface area contributed by atoms with Gasteiger partial charge in [-0.25, -0.2) is 0 Å². The van der Waals surface area contributed by atoms with Crippen LogP contribution in [0.3, 0.4) is 0 Å². The van der Waals surface area contributed by atoms with Crippen molar-refractivity contribution in [3.05, 3.63) is 193 Å². The molecule has 52 heavy (non-hydrogen) atoms. The van der Waals surface area contributed by atoms with Gasteiger partial charge in [0.15, 0.2) is 0 Å². The highest BCUT2D eigenvalue weighted by molar-refractivity contribution is 5.85. The van der Waals surface area contributed by atoms with Gasteiger partial charge >= 0.3 is 0 Å². The van der Waals surface area contributed by atoms with E-state index in [0.29, 0.717) is 0 Å². The van der Waals surface area contributed by atoms with Crippen LogP contribution in [0.5, 0.6) is 0 Å². The van der Waals surface area contributed by atoms with Crippen molar-refractivity contribution in [2.45, 2.75) is 51.4 Å². The largest absolute Gasteiger partial charge is 0.310 e. The topological polar surface area (TPSA) is 6.48 Å². The molecule has 0 atom stereocenters. The zero-order valence-corrected chi connectivity index (χ0v) is 30.6. The second-order valence-electron chi connectivity index (χ2n) is 15.3. The van der Waals surface area contributed by atoms with Crippen molar-refractivity contribution in [2.75, 3.05) is 9.80 Å². The van der Waals surface area contributed by atoms with E-state index < -0.39 is 0 Å². The van der Waals surface area contributed by atoms with Gasteiger partial charge in [0.05, 0.1) is 5.69 Å². The first-order valence-electron chi connectivity index (χ1n) is 18.5. The number of anilines is 6. The summed E-state index contributed by atoms with van der Waals surface area (Å²) >= 11 is 0. The van der Waals surface area contributed by atoms with Crippen molar-refractivity contribution in [2.24, 2.45) is 0 Å². The van der Waals surface area contributed by atoms with Gasteiger partial charge in [-0.1, -0.05) is 143 Å². The number of hydrogen-bond acceptors (Lipinski definition) is 2. The second kappa shape index (κ2) is 13.7. The molecule has 0 aliphatic heterocycles. The summed E-state index contributed by atoms with van der Waals surface area (Å²) < 4.78 is 0. The van der Waals surface area contributed by atoms with Crippen LogP contribution in [-0.4, -0.2) is 0 Å². The van der Waals surface area contributed by atoms with Crippen molar-refractivity contribution < 1.29 is 0 Å². The maximum atomic E-state index is 2.47. The highest BCUT2D eigenvalue weighted by Crippen LogP contribution is 2.52. The second-order valence-corrected chi connectivity index (χ2v) is 15.3. The van der Waals surface area contributed by atoms with Crippen LogP contribution >= 0.6 is 0 Å². The van der Waals surface area contributed by atoms with E-state index in [4.69, 9.17) is 0 Å². The third-order valence-corrected chi connectivity index (χ3v) is 10.9. The Morgan fingerprint density at radius 3 is 1.37 bits per heavy atom. The van der Waals surface area contributed by atoms with Crippen LogP contribution in [0.2, 0.25) is 0 Å². The molecule has 8 rings (SSSR count). The SMILES string of the molecule is CC1(C)CCC(C)(C)c2c(N(c3ccccc3)c3cccc(-c4cccc(N(c5ccccc5)c5ccc(-c6ccccc6)cc5)c4)c3)cccc21.